The molecule has 3 amide bonds. The Morgan fingerprint density at radius 1 is 1.20 bits per heavy atom. The van der Waals surface area contributed by atoms with Gasteiger partial charge in [-0.2, -0.15) is 0 Å². The van der Waals surface area contributed by atoms with Crippen molar-refractivity contribution in [3.05, 3.63) is 64.9 Å². The van der Waals surface area contributed by atoms with Crippen LogP contribution >= 0.6 is 11.6 Å². The highest BCUT2D eigenvalue weighted by Crippen LogP contribution is 2.57. The molecule has 0 aliphatic carbocycles. The molecule has 2 heterocycles. The molecule has 2 saturated heterocycles. The molecule has 35 heavy (non-hydrogen) atoms. The molecule has 0 saturated carbocycles. The molecule has 2 aromatic rings. The molecule has 2 fully saturated rings. The zero-order valence-electron chi connectivity index (χ0n) is 19.7. The third-order valence-electron chi connectivity index (χ3n) is 7.40. The van der Waals surface area contributed by atoms with Crippen LogP contribution in [0.1, 0.15) is 44.7 Å². The van der Waals surface area contributed by atoms with E-state index in [1.54, 1.807) is 41.0 Å². The monoisotopic (exact) mass is 501 g/mol. The lowest BCUT2D eigenvalue weighted by Crippen LogP contribution is -2.67. The van der Waals surface area contributed by atoms with E-state index in [-0.39, 0.29) is 17.9 Å². The van der Waals surface area contributed by atoms with Gasteiger partial charge in [-0.15, -0.1) is 0 Å². The van der Waals surface area contributed by atoms with Gasteiger partial charge in [0.05, 0.1) is 11.5 Å². The van der Waals surface area contributed by atoms with E-state index in [4.69, 9.17) is 11.6 Å². The number of nitrogens with one attached hydrogen (secondary N) is 1. The molecular formula is C26H29ClFN3O4. The second-order valence-electron chi connectivity index (χ2n) is 9.40. The highest BCUT2D eigenvalue weighted by atomic mass is 35.5. The minimum absolute atomic E-state index is 0.105. The van der Waals surface area contributed by atoms with Crippen LogP contribution < -0.4 is 10.2 Å². The number of hydrogen-bond acceptors (Lipinski definition) is 3. The number of β-lactam (4-membered cyclic amide) rings is 1. The summed E-state index contributed by atoms with van der Waals surface area (Å²) in [6, 6.07) is 11.5. The molecule has 0 bridgehead atoms. The molecule has 1 spiro atoms. The lowest BCUT2D eigenvalue weighted by Gasteiger charge is -2.59. The van der Waals surface area contributed by atoms with E-state index in [9.17, 15) is 23.9 Å². The molecule has 4 rings (SSSR count). The van der Waals surface area contributed by atoms with Gasteiger partial charge in [0.15, 0.2) is 0 Å². The number of carboxylic acids is 1. The average Bonchev–Trinajstić information content (AvgIpc) is 2.85. The maximum atomic E-state index is 14.0. The van der Waals surface area contributed by atoms with Crippen molar-refractivity contribution in [1.82, 2.24) is 10.2 Å². The first-order valence-electron chi connectivity index (χ1n) is 11.8. The summed E-state index contributed by atoms with van der Waals surface area (Å²) in [4.78, 5) is 41.2. The average molecular weight is 502 g/mol. The molecular weight excluding hydrogens is 473 g/mol. The van der Waals surface area contributed by atoms with Gasteiger partial charge in [-0.05, 0) is 54.7 Å². The Hall–Kier alpha value is -3.13. The van der Waals surface area contributed by atoms with Gasteiger partial charge in [-0.3, -0.25) is 4.79 Å². The van der Waals surface area contributed by atoms with Gasteiger partial charge in [0.2, 0.25) is 5.91 Å². The molecule has 3 atom stereocenters. The maximum Gasteiger partial charge on any atom is 0.326 e. The van der Waals surface area contributed by atoms with Crippen molar-refractivity contribution in [3.8, 4) is 0 Å². The summed E-state index contributed by atoms with van der Waals surface area (Å²) in [7, 11) is 0. The fourth-order valence-corrected chi connectivity index (χ4v) is 5.29. The van der Waals surface area contributed by atoms with Crippen molar-refractivity contribution in [2.75, 3.05) is 18.0 Å². The quantitative estimate of drug-likeness (QED) is 0.553. The van der Waals surface area contributed by atoms with Gasteiger partial charge < -0.3 is 20.2 Å². The van der Waals surface area contributed by atoms with Gasteiger partial charge in [0.1, 0.15) is 11.9 Å². The molecule has 2 N–H and O–H groups in total. The number of rotatable bonds is 6. The van der Waals surface area contributed by atoms with Crippen LogP contribution in [-0.4, -0.2) is 47.0 Å². The summed E-state index contributed by atoms with van der Waals surface area (Å²) in [5, 5.41) is 12.7. The predicted molar refractivity (Wildman–Crippen MR) is 131 cm³/mol. The zero-order valence-corrected chi connectivity index (χ0v) is 20.5. The van der Waals surface area contributed by atoms with Crippen molar-refractivity contribution in [1.29, 1.82) is 0 Å². The van der Waals surface area contributed by atoms with Gasteiger partial charge in [-0.1, -0.05) is 50.1 Å². The molecule has 7 nitrogen and oxygen atoms in total. The molecule has 3 unspecified atom stereocenters. The standard InChI is InChI=1S/C26H29ClFN3O4/c1-3-16(2)21(23(32)33)29-25(35)30-13-11-26(12-14-30)22(17-7-9-18(27)10-8-17)31(24(26)34)20-6-4-5-19(28)15-20/h4-10,15-16,21-22H,3,11-14H2,1-2H3,(H,29,35)(H,32,33). The third-order valence-corrected chi connectivity index (χ3v) is 7.65. The van der Waals surface area contributed by atoms with Crippen LogP contribution in [0.3, 0.4) is 0 Å². The summed E-state index contributed by atoms with van der Waals surface area (Å²) in [5.74, 6) is -1.81. The van der Waals surface area contributed by atoms with Crippen LogP contribution in [-0.2, 0) is 9.59 Å². The number of amides is 3. The first-order chi connectivity index (χ1) is 16.7. The topological polar surface area (TPSA) is 90.0 Å². The number of aliphatic carboxylic acids is 1. The second-order valence-corrected chi connectivity index (χ2v) is 9.84. The van der Waals surface area contributed by atoms with E-state index >= 15 is 0 Å². The number of halogens is 2. The number of benzene rings is 2. The second kappa shape index (κ2) is 9.85. The Labute approximate surface area is 208 Å². The normalized spacial score (nSPS) is 20.8. The Morgan fingerprint density at radius 2 is 1.86 bits per heavy atom. The number of carbonyl (C=O) groups is 3. The van der Waals surface area contributed by atoms with Crippen molar-refractivity contribution in [2.45, 2.75) is 45.2 Å². The number of likely N-dealkylation sites (tertiary alicyclic amines) is 1. The van der Waals surface area contributed by atoms with Crippen LogP contribution in [0.15, 0.2) is 48.5 Å². The Morgan fingerprint density at radius 3 is 2.43 bits per heavy atom. The summed E-state index contributed by atoms with van der Waals surface area (Å²) in [6.45, 7) is 4.28. The smallest absolute Gasteiger partial charge is 0.326 e. The number of carboxylic acid groups (broad SMARTS) is 1. The zero-order chi connectivity index (χ0) is 25.3. The van der Waals surface area contributed by atoms with E-state index in [1.807, 2.05) is 19.1 Å². The van der Waals surface area contributed by atoms with E-state index in [2.05, 4.69) is 5.32 Å². The minimum Gasteiger partial charge on any atom is -0.480 e. The molecule has 0 aromatic heterocycles. The van der Waals surface area contributed by atoms with Gasteiger partial charge in [0, 0.05) is 23.8 Å². The highest BCUT2D eigenvalue weighted by molar-refractivity contribution is 6.30. The number of anilines is 1. The summed E-state index contributed by atoms with van der Waals surface area (Å²) >= 11 is 6.08. The largest absolute Gasteiger partial charge is 0.480 e. The number of carbonyl (C=O) groups excluding carboxylic acids is 2. The highest BCUT2D eigenvalue weighted by Gasteiger charge is 2.62. The van der Waals surface area contributed by atoms with Gasteiger partial charge >= 0.3 is 12.0 Å². The molecule has 186 valence electrons. The number of piperidine rings is 1. The molecule has 0 radical (unpaired) electrons. The Bertz CT molecular complexity index is 1120. The van der Waals surface area contributed by atoms with Crippen LogP contribution in [0.25, 0.3) is 0 Å². The molecule has 2 aliphatic heterocycles. The fraction of sp³-hybridized carbons (Fsp3) is 0.423. The summed E-state index contributed by atoms with van der Waals surface area (Å²) < 4.78 is 14.0. The fourth-order valence-electron chi connectivity index (χ4n) is 5.16. The van der Waals surface area contributed by atoms with Crippen LogP contribution in [0.4, 0.5) is 14.9 Å². The summed E-state index contributed by atoms with van der Waals surface area (Å²) in [5.41, 5.74) is 0.636. The van der Waals surface area contributed by atoms with E-state index in [0.29, 0.717) is 43.1 Å². The first kappa shape index (κ1) is 25.0. The lowest BCUT2D eigenvalue weighted by atomic mass is 9.62. The van der Waals surface area contributed by atoms with Crippen LogP contribution in [0, 0.1) is 17.2 Å². The van der Waals surface area contributed by atoms with Crippen molar-refractivity contribution in [3.63, 3.8) is 0 Å². The first-order valence-corrected chi connectivity index (χ1v) is 12.2. The predicted octanol–water partition coefficient (Wildman–Crippen LogP) is 4.86. The van der Waals surface area contributed by atoms with Gasteiger partial charge in [0.25, 0.3) is 0 Å². The van der Waals surface area contributed by atoms with E-state index in [0.717, 1.165) is 5.56 Å². The Balaban J connectivity index is 1.55. The number of urea groups is 1. The van der Waals surface area contributed by atoms with Crippen LogP contribution in [0.5, 0.6) is 0 Å². The molecule has 2 aromatic carbocycles. The maximum absolute atomic E-state index is 14.0. The van der Waals surface area contributed by atoms with Crippen molar-refractivity contribution >= 4 is 35.2 Å². The number of hydrogen-bond donors (Lipinski definition) is 2. The Kier molecular flexibility index (Phi) is 7.03. The molecule has 9 heteroatoms. The van der Waals surface area contributed by atoms with Crippen molar-refractivity contribution in [2.24, 2.45) is 11.3 Å². The third kappa shape index (κ3) is 4.59. The van der Waals surface area contributed by atoms with E-state index in [1.165, 1.54) is 12.1 Å². The minimum atomic E-state index is -1.07. The lowest BCUT2D eigenvalue weighted by molar-refractivity contribution is -0.144. The van der Waals surface area contributed by atoms with Gasteiger partial charge in [-0.25, -0.2) is 14.0 Å². The number of nitrogens with zero attached hydrogens (tertiary/aromatic N) is 2. The van der Waals surface area contributed by atoms with E-state index < -0.39 is 29.3 Å². The van der Waals surface area contributed by atoms with Crippen LogP contribution in [0.2, 0.25) is 5.02 Å². The van der Waals surface area contributed by atoms with Crippen molar-refractivity contribution < 1.29 is 23.9 Å². The molecule has 2 aliphatic rings. The summed E-state index contributed by atoms with van der Waals surface area (Å²) in [6.07, 6.45) is 1.45. The SMILES string of the molecule is CCC(C)C(NC(=O)N1CCC2(CC1)C(=O)N(c1cccc(F)c1)C2c1ccc(Cl)cc1)C(=O)O.